The van der Waals surface area contributed by atoms with Crippen LogP contribution in [0.5, 0.6) is 40.2 Å². The van der Waals surface area contributed by atoms with E-state index < -0.39 is 45.4 Å². The predicted molar refractivity (Wildman–Crippen MR) is 151 cm³/mol. The van der Waals surface area contributed by atoms with E-state index in [1.165, 1.54) is 49.4 Å². The fraction of sp³-hybridized carbons (Fsp3) is 0.0323. The number of rotatable bonds is 3. The van der Waals surface area contributed by atoms with Gasteiger partial charge >= 0.3 is 0 Å². The number of hydrogen-bond acceptors (Lipinski definition) is 11. The third-order valence-electron chi connectivity index (χ3n) is 6.95. The first-order valence-electron chi connectivity index (χ1n) is 12.3. The molecule has 2 aromatic heterocycles. The molecule has 0 saturated heterocycles. The van der Waals surface area contributed by atoms with Crippen LogP contribution in [0, 0.1) is 6.92 Å². The van der Waals surface area contributed by atoms with E-state index in [2.05, 4.69) is 0 Å². The molecule has 42 heavy (non-hydrogen) atoms. The molecule has 6 rings (SSSR count). The molecular formula is C31H20O11. The minimum Gasteiger partial charge on any atom is -0.508 e. The summed E-state index contributed by atoms with van der Waals surface area (Å²) in [6.07, 6.45) is 0. The van der Waals surface area contributed by atoms with Gasteiger partial charge in [-0.2, -0.15) is 0 Å². The lowest BCUT2D eigenvalue weighted by Crippen LogP contribution is -2.08. The average molecular weight is 568 g/mol. The van der Waals surface area contributed by atoms with E-state index in [1.54, 1.807) is 0 Å². The summed E-state index contributed by atoms with van der Waals surface area (Å²) in [4.78, 5) is 26.3. The van der Waals surface area contributed by atoms with Crippen molar-refractivity contribution >= 4 is 21.9 Å². The summed E-state index contributed by atoms with van der Waals surface area (Å²) in [6.45, 7) is 1.48. The predicted octanol–water partition coefficient (Wildman–Crippen LogP) is 5.15. The maximum absolute atomic E-state index is 13.4. The van der Waals surface area contributed by atoms with Gasteiger partial charge in [-0.05, 0) is 49.4 Å². The van der Waals surface area contributed by atoms with E-state index in [4.69, 9.17) is 8.83 Å². The van der Waals surface area contributed by atoms with Crippen molar-refractivity contribution in [2.24, 2.45) is 0 Å². The Morgan fingerprint density at radius 3 is 1.95 bits per heavy atom. The Bertz CT molecular complexity index is 2210. The van der Waals surface area contributed by atoms with E-state index >= 15 is 0 Å². The summed E-state index contributed by atoms with van der Waals surface area (Å²) in [5, 5.41) is 72.1. The molecule has 0 unspecified atom stereocenters. The summed E-state index contributed by atoms with van der Waals surface area (Å²) in [7, 11) is 0. The number of phenolic OH excluding ortho intramolecular Hbond substituents is 6. The van der Waals surface area contributed by atoms with E-state index in [0.29, 0.717) is 5.56 Å². The monoisotopic (exact) mass is 568 g/mol. The second-order valence-electron chi connectivity index (χ2n) is 9.61. The molecule has 0 aliphatic carbocycles. The SMILES string of the molecule is Cc1c(-c2ccc(O)cc2)oc2c(-c3cc(-c4oc5cc(O)cc(O)c5c(=O)c4O)ccc3O)c(O)cc(O)c2c1=O. The first-order valence-corrected chi connectivity index (χ1v) is 12.3. The van der Waals surface area contributed by atoms with Gasteiger partial charge in [0.1, 0.15) is 56.6 Å². The van der Waals surface area contributed by atoms with Crippen LogP contribution in [-0.2, 0) is 0 Å². The van der Waals surface area contributed by atoms with Gasteiger partial charge in [0.05, 0.1) is 5.56 Å². The molecule has 0 bridgehead atoms. The van der Waals surface area contributed by atoms with Gasteiger partial charge in [0.15, 0.2) is 16.8 Å². The second-order valence-corrected chi connectivity index (χ2v) is 9.61. The molecule has 7 N–H and O–H groups in total. The number of phenols is 6. The van der Waals surface area contributed by atoms with E-state index in [9.17, 15) is 45.3 Å². The third-order valence-corrected chi connectivity index (χ3v) is 6.95. The van der Waals surface area contributed by atoms with Gasteiger partial charge in [-0.3, -0.25) is 9.59 Å². The smallest absolute Gasteiger partial charge is 0.238 e. The third kappa shape index (κ3) is 3.91. The van der Waals surface area contributed by atoms with Gasteiger partial charge in [-0.1, -0.05) is 0 Å². The number of hydrogen-bond donors (Lipinski definition) is 7. The Kier molecular flexibility index (Phi) is 5.75. The van der Waals surface area contributed by atoms with Crippen LogP contribution in [0.4, 0.5) is 0 Å². The van der Waals surface area contributed by atoms with Crippen molar-refractivity contribution in [1.29, 1.82) is 0 Å². The van der Waals surface area contributed by atoms with Gasteiger partial charge in [-0.25, -0.2) is 0 Å². The number of aromatic hydroxyl groups is 7. The molecule has 0 amide bonds. The van der Waals surface area contributed by atoms with Crippen LogP contribution in [0.15, 0.2) is 79.1 Å². The minimum absolute atomic E-state index is 0.0220. The normalized spacial score (nSPS) is 11.4. The molecule has 0 aliphatic rings. The van der Waals surface area contributed by atoms with E-state index in [1.807, 2.05) is 0 Å². The Morgan fingerprint density at radius 1 is 0.571 bits per heavy atom. The van der Waals surface area contributed by atoms with Gasteiger partial charge in [-0.15, -0.1) is 0 Å². The largest absolute Gasteiger partial charge is 0.508 e. The highest BCUT2D eigenvalue weighted by Crippen LogP contribution is 2.46. The van der Waals surface area contributed by atoms with Gasteiger partial charge in [0.2, 0.25) is 11.2 Å². The Hall–Kier alpha value is -6.10. The van der Waals surface area contributed by atoms with Crippen molar-refractivity contribution in [2.45, 2.75) is 6.92 Å². The Balaban J connectivity index is 1.66. The first kappa shape index (κ1) is 26.1. The number of benzene rings is 4. The van der Waals surface area contributed by atoms with Crippen LogP contribution >= 0.6 is 0 Å². The van der Waals surface area contributed by atoms with Crippen molar-refractivity contribution in [1.82, 2.24) is 0 Å². The second kappa shape index (κ2) is 9.24. The molecule has 210 valence electrons. The molecule has 11 nitrogen and oxygen atoms in total. The summed E-state index contributed by atoms with van der Waals surface area (Å²) in [5.74, 6) is -3.78. The topological polar surface area (TPSA) is 202 Å². The fourth-order valence-corrected chi connectivity index (χ4v) is 4.92. The molecule has 0 atom stereocenters. The number of fused-ring (bicyclic) bond motifs is 2. The highest BCUT2D eigenvalue weighted by Gasteiger charge is 2.25. The van der Waals surface area contributed by atoms with Crippen LogP contribution in [0.3, 0.4) is 0 Å². The molecule has 0 fully saturated rings. The zero-order valence-electron chi connectivity index (χ0n) is 21.5. The quantitative estimate of drug-likeness (QED) is 0.149. The van der Waals surface area contributed by atoms with Crippen LogP contribution in [0.2, 0.25) is 0 Å². The van der Waals surface area contributed by atoms with Gasteiger partial charge in [0, 0.05) is 40.5 Å². The van der Waals surface area contributed by atoms with Crippen molar-refractivity contribution in [2.75, 3.05) is 0 Å². The molecule has 6 aromatic rings. The minimum atomic E-state index is -0.990. The van der Waals surface area contributed by atoms with E-state index in [-0.39, 0.29) is 61.5 Å². The van der Waals surface area contributed by atoms with Crippen LogP contribution < -0.4 is 10.9 Å². The zero-order chi connectivity index (χ0) is 30.0. The molecule has 0 radical (unpaired) electrons. The maximum Gasteiger partial charge on any atom is 0.238 e. The average Bonchev–Trinajstić information content (AvgIpc) is 2.93. The molecule has 0 spiro atoms. The highest BCUT2D eigenvalue weighted by molar-refractivity contribution is 6.02. The van der Waals surface area contributed by atoms with Crippen molar-refractivity contribution < 1.29 is 44.6 Å². The summed E-state index contributed by atoms with van der Waals surface area (Å²) in [5.41, 5.74) is -1.89. The first-order chi connectivity index (χ1) is 20.0. The van der Waals surface area contributed by atoms with Crippen LogP contribution in [0.1, 0.15) is 5.56 Å². The highest BCUT2D eigenvalue weighted by atomic mass is 16.4. The van der Waals surface area contributed by atoms with Crippen LogP contribution in [0.25, 0.3) is 55.7 Å². The molecule has 11 heteroatoms. The summed E-state index contributed by atoms with van der Waals surface area (Å²) in [6, 6.07) is 12.4. The maximum atomic E-state index is 13.4. The zero-order valence-corrected chi connectivity index (χ0v) is 21.5. The molecular weight excluding hydrogens is 548 g/mol. The molecule has 4 aromatic carbocycles. The fourth-order valence-electron chi connectivity index (χ4n) is 4.92. The molecule has 2 heterocycles. The Labute approximate surface area is 234 Å². The van der Waals surface area contributed by atoms with Crippen molar-refractivity contribution in [3.63, 3.8) is 0 Å². The molecule has 0 saturated carbocycles. The standard InChI is InChI=1S/C31H20O11/c1-12-26(38)25-21(37)11-20(36)23(31(25)42-29(12)13-2-5-15(32)6-3-13)17-8-14(4-7-18(17)34)30-28(40)27(39)24-19(35)9-16(33)10-22(24)41-30/h2-11,32-37,40H,1H3. The summed E-state index contributed by atoms with van der Waals surface area (Å²) < 4.78 is 11.7. The van der Waals surface area contributed by atoms with E-state index in [0.717, 1.165) is 18.2 Å². The van der Waals surface area contributed by atoms with Crippen LogP contribution in [-0.4, -0.2) is 35.7 Å². The lowest BCUT2D eigenvalue weighted by Gasteiger charge is -2.15. The summed E-state index contributed by atoms with van der Waals surface area (Å²) >= 11 is 0. The lowest BCUT2D eigenvalue weighted by molar-refractivity contribution is 0.438. The van der Waals surface area contributed by atoms with Gasteiger partial charge < -0.3 is 44.6 Å². The van der Waals surface area contributed by atoms with Gasteiger partial charge in [0.25, 0.3) is 0 Å². The van der Waals surface area contributed by atoms with Crippen molar-refractivity contribution in [3.05, 3.63) is 86.7 Å². The van der Waals surface area contributed by atoms with Crippen molar-refractivity contribution in [3.8, 4) is 74.0 Å². The molecule has 0 aliphatic heterocycles. The Morgan fingerprint density at radius 2 is 1.24 bits per heavy atom. The lowest BCUT2D eigenvalue weighted by atomic mass is 9.96.